The Hall–Kier alpha value is -1.42. The molecule has 0 saturated heterocycles. The SMILES string of the molecule is CCNC(=NCC(C)Oc1ccc(Cl)cc1)NC(C)C. The molecule has 0 aliphatic carbocycles. The lowest BCUT2D eigenvalue weighted by atomic mass is 10.3. The summed E-state index contributed by atoms with van der Waals surface area (Å²) in [4.78, 5) is 4.51. The van der Waals surface area contributed by atoms with Gasteiger partial charge in [0.05, 0.1) is 6.54 Å². The lowest BCUT2D eigenvalue weighted by Gasteiger charge is -2.16. The zero-order chi connectivity index (χ0) is 15.0. The molecular formula is C15H24ClN3O. The number of nitrogens with zero attached hydrogens (tertiary/aromatic N) is 1. The highest BCUT2D eigenvalue weighted by Gasteiger charge is 2.05. The molecule has 112 valence electrons. The lowest BCUT2D eigenvalue weighted by molar-refractivity contribution is 0.230. The Labute approximate surface area is 126 Å². The minimum atomic E-state index is -0.00112. The molecule has 0 heterocycles. The highest BCUT2D eigenvalue weighted by atomic mass is 35.5. The van der Waals surface area contributed by atoms with Gasteiger partial charge in [-0.15, -0.1) is 0 Å². The molecule has 0 bridgehead atoms. The van der Waals surface area contributed by atoms with Crippen LogP contribution in [-0.2, 0) is 0 Å². The number of ether oxygens (including phenoxy) is 1. The Morgan fingerprint density at radius 1 is 1.25 bits per heavy atom. The first kappa shape index (κ1) is 16.6. The van der Waals surface area contributed by atoms with E-state index in [2.05, 4.69) is 29.5 Å². The van der Waals surface area contributed by atoms with Gasteiger partial charge in [-0.2, -0.15) is 0 Å². The van der Waals surface area contributed by atoms with Crippen LogP contribution in [0.25, 0.3) is 0 Å². The van der Waals surface area contributed by atoms with E-state index in [1.807, 2.05) is 38.1 Å². The molecule has 0 saturated carbocycles. The molecule has 1 atom stereocenters. The van der Waals surface area contributed by atoms with Gasteiger partial charge in [0.1, 0.15) is 11.9 Å². The summed E-state index contributed by atoms with van der Waals surface area (Å²) >= 11 is 5.84. The van der Waals surface area contributed by atoms with Crippen LogP contribution >= 0.6 is 11.6 Å². The molecule has 1 aromatic rings. The Morgan fingerprint density at radius 3 is 2.45 bits per heavy atom. The van der Waals surface area contributed by atoms with Crippen molar-refractivity contribution in [1.29, 1.82) is 0 Å². The van der Waals surface area contributed by atoms with Crippen LogP contribution in [0.5, 0.6) is 5.75 Å². The summed E-state index contributed by atoms with van der Waals surface area (Å²) in [5, 5.41) is 7.19. The third-order valence-electron chi connectivity index (χ3n) is 2.43. The largest absolute Gasteiger partial charge is 0.489 e. The van der Waals surface area contributed by atoms with E-state index in [1.165, 1.54) is 0 Å². The van der Waals surface area contributed by atoms with Gasteiger partial charge in [-0.25, -0.2) is 4.99 Å². The highest BCUT2D eigenvalue weighted by Crippen LogP contribution is 2.16. The molecule has 0 radical (unpaired) electrons. The van der Waals surface area contributed by atoms with E-state index in [0.29, 0.717) is 17.6 Å². The van der Waals surface area contributed by atoms with Gasteiger partial charge in [0.25, 0.3) is 0 Å². The molecular weight excluding hydrogens is 274 g/mol. The number of aliphatic imine (C=N–C) groups is 1. The summed E-state index contributed by atoms with van der Waals surface area (Å²) in [7, 11) is 0. The Morgan fingerprint density at radius 2 is 1.90 bits per heavy atom. The lowest BCUT2D eigenvalue weighted by Crippen LogP contribution is -2.41. The number of hydrogen-bond acceptors (Lipinski definition) is 2. The third kappa shape index (κ3) is 6.66. The van der Waals surface area contributed by atoms with Crippen molar-refractivity contribution < 1.29 is 4.74 Å². The van der Waals surface area contributed by atoms with Gasteiger partial charge in [-0.05, 0) is 52.0 Å². The molecule has 0 fully saturated rings. The number of guanidine groups is 1. The summed E-state index contributed by atoms with van der Waals surface area (Å²) in [5.74, 6) is 1.62. The van der Waals surface area contributed by atoms with Gasteiger partial charge in [0.2, 0.25) is 0 Å². The van der Waals surface area contributed by atoms with Gasteiger partial charge in [-0.3, -0.25) is 0 Å². The van der Waals surface area contributed by atoms with Gasteiger partial charge in [0, 0.05) is 17.6 Å². The van der Waals surface area contributed by atoms with Crippen molar-refractivity contribution in [2.75, 3.05) is 13.1 Å². The molecule has 1 rings (SSSR count). The minimum absolute atomic E-state index is 0.00112. The van der Waals surface area contributed by atoms with Crippen LogP contribution in [0.15, 0.2) is 29.3 Å². The maximum Gasteiger partial charge on any atom is 0.191 e. The normalized spacial score (nSPS) is 13.2. The zero-order valence-electron chi connectivity index (χ0n) is 12.6. The van der Waals surface area contributed by atoms with Gasteiger partial charge in [0.15, 0.2) is 5.96 Å². The molecule has 0 aliphatic heterocycles. The quantitative estimate of drug-likeness (QED) is 0.626. The van der Waals surface area contributed by atoms with Crippen molar-refractivity contribution >= 4 is 17.6 Å². The average Bonchev–Trinajstić information content (AvgIpc) is 2.38. The van der Waals surface area contributed by atoms with E-state index in [9.17, 15) is 0 Å². The zero-order valence-corrected chi connectivity index (χ0v) is 13.4. The minimum Gasteiger partial charge on any atom is -0.489 e. The molecule has 1 aromatic carbocycles. The van der Waals surface area contributed by atoms with Gasteiger partial charge >= 0.3 is 0 Å². The van der Waals surface area contributed by atoms with Gasteiger partial charge in [-0.1, -0.05) is 11.6 Å². The summed E-state index contributed by atoms with van der Waals surface area (Å²) in [6.07, 6.45) is -0.00112. The fraction of sp³-hybridized carbons (Fsp3) is 0.533. The molecule has 0 amide bonds. The van der Waals surface area contributed by atoms with Crippen LogP contribution < -0.4 is 15.4 Å². The van der Waals surface area contributed by atoms with Crippen molar-refractivity contribution in [2.45, 2.75) is 39.8 Å². The van der Waals surface area contributed by atoms with Crippen molar-refractivity contribution in [1.82, 2.24) is 10.6 Å². The Bertz CT molecular complexity index is 418. The maximum absolute atomic E-state index is 5.84. The Balaban J connectivity index is 2.50. The fourth-order valence-corrected chi connectivity index (χ4v) is 1.72. The summed E-state index contributed by atoms with van der Waals surface area (Å²) < 4.78 is 5.78. The number of benzene rings is 1. The second-order valence-electron chi connectivity index (χ2n) is 4.90. The third-order valence-corrected chi connectivity index (χ3v) is 2.68. The predicted octanol–water partition coefficient (Wildman–Crippen LogP) is 3.07. The number of nitrogens with one attached hydrogen (secondary N) is 2. The van der Waals surface area contributed by atoms with E-state index in [-0.39, 0.29) is 6.10 Å². The second kappa shape index (κ2) is 8.69. The first-order valence-corrected chi connectivity index (χ1v) is 7.36. The molecule has 4 nitrogen and oxygen atoms in total. The first-order chi connectivity index (χ1) is 9.51. The van der Waals surface area contributed by atoms with E-state index >= 15 is 0 Å². The summed E-state index contributed by atoms with van der Waals surface area (Å²) in [6, 6.07) is 7.70. The molecule has 20 heavy (non-hydrogen) atoms. The second-order valence-corrected chi connectivity index (χ2v) is 5.34. The van der Waals surface area contributed by atoms with Crippen LogP contribution in [0.2, 0.25) is 5.02 Å². The predicted molar refractivity (Wildman–Crippen MR) is 85.8 cm³/mol. The molecule has 2 N–H and O–H groups in total. The average molecular weight is 298 g/mol. The van der Waals surface area contributed by atoms with Crippen LogP contribution in [0.3, 0.4) is 0 Å². The van der Waals surface area contributed by atoms with E-state index in [4.69, 9.17) is 16.3 Å². The van der Waals surface area contributed by atoms with Crippen LogP contribution in [0.4, 0.5) is 0 Å². The number of hydrogen-bond donors (Lipinski definition) is 2. The smallest absolute Gasteiger partial charge is 0.191 e. The van der Waals surface area contributed by atoms with Crippen molar-refractivity contribution in [2.24, 2.45) is 4.99 Å². The van der Waals surface area contributed by atoms with Crippen LogP contribution in [0.1, 0.15) is 27.7 Å². The molecule has 0 aliphatic rings. The van der Waals surface area contributed by atoms with E-state index < -0.39 is 0 Å². The maximum atomic E-state index is 5.84. The Kier molecular flexibility index (Phi) is 7.23. The van der Waals surface area contributed by atoms with Crippen LogP contribution in [-0.4, -0.2) is 31.2 Å². The number of halogens is 1. The van der Waals surface area contributed by atoms with Crippen molar-refractivity contribution in [3.05, 3.63) is 29.3 Å². The molecule has 1 unspecified atom stereocenters. The van der Waals surface area contributed by atoms with E-state index in [0.717, 1.165) is 18.3 Å². The van der Waals surface area contributed by atoms with Gasteiger partial charge < -0.3 is 15.4 Å². The number of rotatable bonds is 6. The molecule has 0 aromatic heterocycles. The summed E-state index contributed by atoms with van der Waals surface area (Å²) in [5.41, 5.74) is 0. The topological polar surface area (TPSA) is 45.7 Å². The van der Waals surface area contributed by atoms with E-state index in [1.54, 1.807) is 0 Å². The standard InChI is InChI=1S/C15H24ClN3O/c1-5-17-15(19-11(2)3)18-10-12(4)20-14-8-6-13(16)7-9-14/h6-9,11-12H,5,10H2,1-4H3,(H2,17,18,19). The molecule has 0 spiro atoms. The monoisotopic (exact) mass is 297 g/mol. The van der Waals surface area contributed by atoms with Crippen molar-refractivity contribution in [3.8, 4) is 5.75 Å². The van der Waals surface area contributed by atoms with Crippen LogP contribution in [0, 0.1) is 0 Å². The molecule has 5 heteroatoms. The highest BCUT2D eigenvalue weighted by molar-refractivity contribution is 6.30. The first-order valence-electron chi connectivity index (χ1n) is 6.98. The van der Waals surface area contributed by atoms with Crippen molar-refractivity contribution in [3.63, 3.8) is 0 Å². The summed E-state index contributed by atoms with van der Waals surface area (Å²) in [6.45, 7) is 9.64. The fourth-order valence-electron chi connectivity index (χ4n) is 1.60.